The number of hydrogen-bond acceptors (Lipinski definition) is 3. The highest BCUT2D eigenvalue weighted by atomic mass is 35.5. The van der Waals surface area contributed by atoms with E-state index in [4.69, 9.17) is 32.2 Å². The summed E-state index contributed by atoms with van der Waals surface area (Å²) < 4.78 is 10.9. The monoisotopic (exact) mass is 270 g/mol. The molecule has 0 saturated carbocycles. The van der Waals surface area contributed by atoms with E-state index >= 15 is 0 Å². The SMILES string of the molecule is CCCCOCCOc1ccc(C(=N)N)cc1Cl. The van der Waals surface area contributed by atoms with Gasteiger partial charge >= 0.3 is 0 Å². The molecule has 0 atom stereocenters. The van der Waals surface area contributed by atoms with Gasteiger partial charge in [0.1, 0.15) is 18.2 Å². The lowest BCUT2D eigenvalue weighted by atomic mass is 10.2. The molecule has 0 saturated heterocycles. The Hall–Kier alpha value is -1.26. The summed E-state index contributed by atoms with van der Waals surface area (Å²) in [6.07, 6.45) is 2.19. The maximum atomic E-state index is 7.29. The van der Waals surface area contributed by atoms with E-state index in [9.17, 15) is 0 Å². The predicted octanol–water partition coefficient (Wildman–Crippen LogP) is 2.82. The van der Waals surface area contributed by atoms with Crippen LogP contribution in [0, 0.1) is 5.41 Å². The van der Waals surface area contributed by atoms with E-state index in [-0.39, 0.29) is 5.84 Å². The first-order valence-corrected chi connectivity index (χ1v) is 6.37. The number of ether oxygens (including phenoxy) is 2. The molecule has 0 aromatic heterocycles. The summed E-state index contributed by atoms with van der Waals surface area (Å²) in [5.41, 5.74) is 5.95. The molecule has 1 aromatic rings. The van der Waals surface area contributed by atoms with Crippen molar-refractivity contribution < 1.29 is 9.47 Å². The second kappa shape index (κ2) is 7.95. The van der Waals surface area contributed by atoms with Crippen molar-refractivity contribution in [1.29, 1.82) is 5.41 Å². The van der Waals surface area contributed by atoms with Gasteiger partial charge in [0.05, 0.1) is 11.6 Å². The zero-order valence-corrected chi connectivity index (χ0v) is 11.3. The highest BCUT2D eigenvalue weighted by molar-refractivity contribution is 6.32. The maximum absolute atomic E-state index is 7.29. The fourth-order valence-electron chi connectivity index (χ4n) is 1.34. The van der Waals surface area contributed by atoms with E-state index < -0.39 is 0 Å². The van der Waals surface area contributed by atoms with Crippen molar-refractivity contribution in [3.8, 4) is 5.75 Å². The summed E-state index contributed by atoms with van der Waals surface area (Å²) in [6.45, 7) is 3.89. The number of nitrogens with one attached hydrogen (secondary N) is 1. The third-order valence-corrected chi connectivity index (χ3v) is 2.67. The van der Waals surface area contributed by atoms with E-state index in [2.05, 4.69) is 6.92 Å². The molecular formula is C13H19ClN2O2. The summed E-state index contributed by atoms with van der Waals surface area (Å²) in [6, 6.07) is 5.05. The second-order valence-corrected chi connectivity index (χ2v) is 4.28. The normalized spacial score (nSPS) is 10.3. The molecule has 0 heterocycles. The summed E-state index contributed by atoms with van der Waals surface area (Å²) in [5.74, 6) is 0.576. The number of amidine groups is 1. The van der Waals surface area contributed by atoms with E-state index in [1.807, 2.05) is 0 Å². The quantitative estimate of drug-likeness (QED) is 0.434. The Balaban J connectivity index is 2.36. The molecule has 0 aliphatic heterocycles. The van der Waals surface area contributed by atoms with E-state index in [1.165, 1.54) is 0 Å². The molecule has 1 rings (SSSR count). The van der Waals surface area contributed by atoms with Gasteiger partial charge in [-0.15, -0.1) is 0 Å². The largest absolute Gasteiger partial charge is 0.490 e. The Kier molecular flexibility index (Phi) is 6.54. The van der Waals surface area contributed by atoms with Crippen LogP contribution in [0.3, 0.4) is 0 Å². The van der Waals surface area contributed by atoms with E-state index in [0.29, 0.717) is 29.5 Å². The topological polar surface area (TPSA) is 68.3 Å². The van der Waals surface area contributed by atoms with Crippen molar-refractivity contribution in [2.45, 2.75) is 19.8 Å². The van der Waals surface area contributed by atoms with Crippen LogP contribution in [0.25, 0.3) is 0 Å². The Morgan fingerprint density at radius 1 is 1.33 bits per heavy atom. The molecule has 0 aliphatic rings. The Labute approximate surface area is 113 Å². The first kappa shape index (κ1) is 14.8. The van der Waals surface area contributed by atoms with Gasteiger partial charge in [-0.1, -0.05) is 24.9 Å². The molecular weight excluding hydrogens is 252 g/mol. The van der Waals surface area contributed by atoms with Gasteiger partial charge in [0.15, 0.2) is 0 Å². The third-order valence-electron chi connectivity index (χ3n) is 2.37. The van der Waals surface area contributed by atoms with Gasteiger partial charge < -0.3 is 15.2 Å². The van der Waals surface area contributed by atoms with Gasteiger partial charge in [0, 0.05) is 12.2 Å². The summed E-state index contributed by atoms with van der Waals surface area (Å²) in [5, 5.41) is 7.75. The second-order valence-electron chi connectivity index (χ2n) is 3.87. The maximum Gasteiger partial charge on any atom is 0.138 e. The molecule has 3 N–H and O–H groups in total. The molecule has 0 radical (unpaired) electrons. The van der Waals surface area contributed by atoms with Gasteiger partial charge in [-0.2, -0.15) is 0 Å². The number of rotatable bonds is 8. The molecule has 0 fully saturated rings. The zero-order valence-electron chi connectivity index (χ0n) is 10.5. The van der Waals surface area contributed by atoms with E-state index in [0.717, 1.165) is 19.4 Å². The minimum atomic E-state index is -0.00801. The van der Waals surface area contributed by atoms with Gasteiger partial charge in [0.25, 0.3) is 0 Å². The number of nitrogen functional groups attached to an aromatic ring is 1. The van der Waals surface area contributed by atoms with Crippen molar-refractivity contribution in [1.82, 2.24) is 0 Å². The van der Waals surface area contributed by atoms with Crippen LogP contribution in [0.5, 0.6) is 5.75 Å². The predicted molar refractivity (Wildman–Crippen MR) is 73.7 cm³/mol. The third kappa shape index (κ3) is 4.94. The lowest BCUT2D eigenvalue weighted by molar-refractivity contribution is 0.0981. The average Bonchev–Trinajstić information content (AvgIpc) is 2.35. The molecule has 0 spiro atoms. The number of nitrogens with two attached hydrogens (primary N) is 1. The molecule has 1 aromatic carbocycles. The van der Waals surface area contributed by atoms with Crippen LogP contribution in [-0.4, -0.2) is 25.7 Å². The summed E-state index contributed by atoms with van der Waals surface area (Å²) in [4.78, 5) is 0. The van der Waals surface area contributed by atoms with Crippen LogP contribution >= 0.6 is 11.6 Å². The first-order valence-electron chi connectivity index (χ1n) is 5.99. The van der Waals surface area contributed by atoms with Crippen LogP contribution in [-0.2, 0) is 4.74 Å². The summed E-state index contributed by atoms with van der Waals surface area (Å²) >= 11 is 6.02. The van der Waals surface area contributed by atoms with Crippen molar-refractivity contribution in [3.05, 3.63) is 28.8 Å². The van der Waals surface area contributed by atoms with Crippen LogP contribution < -0.4 is 10.5 Å². The summed E-state index contributed by atoms with van der Waals surface area (Å²) in [7, 11) is 0. The molecule has 0 amide bonds. The number of benzene rings is 1. The van der Waals surface area contributed by atoms with Crippen molar-refractivity contribution in [2.24, 2.45) is 5.73 Å². The number of unbranched alkanes of at least 4 members (excludes halogenated alkanes) is 1. The molecule has 100 valence electrons. The highest BCUT2D eigenvalue weighted by Gasteiger charge is 2.04. The van der Waals surface area contributed by atoms with Gasteiger partial charge in [-0.3, -0.25) is 5.41 Å². The van der Waals surface area contributed by atoms with Gasteiger partial charge in [-0.05, 0) is 24.6 Å². The smallest absolute Gasteiger partial charge is 0.138 e. The van der Waals surface area contributed by atoms with Crippen molar-refractivity contribution in [3.63, 3.8) is 0 Å². The van der Waals surface area contributed by atoms with Crippen LogP contribution in [0.2, 0.25) is 5.02 Å². The van der Waals surface area contributed by atoms with E-state index in [1.54, 1.807) is 18.2 Å². The van der Waals surface area contributed by atoms with Crippen molar-refractivity contribution >= 4 is 17.4 Å². The molecule has 18 heavy (non-hydrogen) atoms. The minimum Gasteiger partial charge on any atom is -0.490 e. The number of hydrogen-bond donors (Lipinski definition) is 2. The van der Waals surface area contributed by atoms with Crippen LogP contribution in [0.4, 0.5) is 0 Å². The molecule has 0 aliphatic carbocycles. The fraction of sp³-hybridized carbons (Fsp3) is 0.462. The number of halogens is 1. The molecule has 5 heteroatoms. The highest BCUT2D eigenvalue weighted by Crippen LogP contribution is 2.25. The standard InChI is InChI=1S/C13H19ClN2O2/c1-2-3-6-17-7-8-18-12-5-4-10(13(15)16)9-11(12)14/h4-5,9H,2-3,6-8H2,1H3,(H3,15,16). The lowest BCUT2D eigenvalue weighted by Crippen LogP contribution is -2.11. The van der Waals surface area contributed by atoms with Crippen LogP contribution in [0.15, 0.2) is 18.2 Å². The Morgan fingerprint density at radius 2 is 2.11 bits per heavy atom. The van der Waals surface area contributed by atoms with Crippen molar-refractivity contribution in [2.75, 3.05) is 19.8 Å². The Morgan fingerprint density at radius 3 is 2.72 bits per heavy atom. The molecule has 0 unspecified atom stereocenters. The fourth-order valence-corrected chi connectivity index (χ4v) is 1.58. The molecule has 4 nitrogen and oxygen atoms in total. The van der Waals surface area contributed by atoms with Gasteiger partial charge in [0.2, 0.25) is 0 Å². The minimum absolute atomic E-state index is 0.00801. The molecule has 0 bridgehead atoms. The zero-order chi connectivity index (χ0) is 13.4. The Bertz CT molecular complexity index is 397. The van der Waals surface area contributed by atoms with Gasteiger partial charge in [-0.25, -0.2) is 0 Å². The first-order chi connectivity index (χ1) is 8.65. The average molecular weight is 271 g/mol. The lowest BCUT2D eigenvalue weighted by Gasteiger charge is -2.09. The van der Waals surface area contributed by atoms with Crippen LogP contribution in [0.1, 0.15) is 25.3 Å².